The lowest BCUT2D eigenvalue weighted by Gasteiger charge is -2.15. The van der Waals surface area contributed by atoms with E-state index in [0.29, 0.717) is 30.5 Å². The SMILES string of the molecule is CC(=O)N1CC(CCC(=O)N2CCOC2=O)c2ccc(Cl)nc21. The Morgan fingerprint density at radius 3 is 2.83 bits per heavy atom. The minimum atomic E-state index is -0.583. The number of rotatable bonds is 3. The molecule has 3 amide bonds. The van der Waals surface area contributed by atoms with E-state index in [4.69, 9.17) is 16.3 Å². The van der Waals surface area contributed by atoms with Crippen molar-refractivity contribution in [1.29, 1.82) is 0 Å². The highest BCUT2D eigenvalue weighted by Gasteiger charge is 2.34. The molecule has 0 aliphatic carbocycles. The minimum absolute atomic E-state index is 0.00115. The fraction of sp³-hybridized carbons (Fsp3) is 0.467. The summed E-state index contributed by atoms with van der Waals surface area (Å²) in [6.07, 6.45) is 0.164. The Bertz CT molecular complexity index is 679. The number of anilines is 1. The largest absolute Gasteiger partial charge is 0.447 e. The van der Waals surface area contributed by atoms with Crippen molar-refractivity contribution in [1.82, 2.24) is 9.88 Å². The van der Waals surface area contributed by atoms with E-state index in [9.17, 15) is 14.4 Å². The van der Waals surface area contributed by atoms with Crippen LogP contribution in [0.1, 0.15) is 31.2 Å². The van der Waals surface area contributed by atoms with Crippen molar-refractivity contribution in [2.24, 2.45) is 0 Å². The van der Waals surface area contributed by atoms with Gasteiger partial charge < -0.3 is 4.74 Å². The van der Waals surface area contributed by atoms with Crippen molar-refractivity contribution in [3.05, 3.63) is 22.8 Å². The third-order valence-corrected chi connectivity index (χ3v) is 4.33. The number of hydrogen-bond donors (Lipinski definition) is 0. The molecule has 2 aliphatic heterocycles. The molecule has 8 heteroatoms. The van der Waals surface area contributed by atoms with Crippen LogP contribution in [0.25, 0.3) is 0 Å². The molecule has 1 saturated heterocycles. The maximum absolute atomic E-state index is 12.1. The molecule has 0 saturated carbocycles. The molecule has 1 fully saturated rings. The monoisotopic (exact) mass is 337 g/mol. The molecule has 3 rings (SSSR count). The third-order valence-electron chi connectivity index (χ3n) is 4.12. The fourth-order valence-electron chi connectivity index (χ4n) is 2.95. The van der Waals surface area contributed by atoms with E-state index < -0.39 is 6.09 Å². The van der Waals surface area contributed by atoms with Gasteiger partial charge in [0.2, 0.25) is 11.8 Å². The molecular formula is C15H16ClN3O4. The van der Waals surface area contributed by atoms with E-state index in [-0.39, 0.29) is 30.8 Å². The Morgan fingerprint density at radius 2 is 2.17 bits per heavy atom. The second kappa shape index (κ2) is 6.16. The molecule has 0 spiro atoms. The first-order chi connectivity index (χ1) is 11.0. The number of fused-ring (bicyclic) bond motifs is 1. The minimum Gasteiger partial charge on any atom is -0.447 e. The summed E-state index contributed by atoms with van der Waals surface area (Å²) >= 11 is 5.91. The van der Waals surface area contributed by atoms with Crippen LogP contribution in [-0.2, 0) is 14.3 Å². The van der Waals surface area contributed by atoms with Gasteiger partial charge in [-0.1, -0.05) is 17.7 Å². The van der Waals surface area contributed by atoms with Crippen LogP contribution in [0.4, 0.5) is 10.6 Å². The van der Waals surface area contributed by atoms with Crippen LogP contribution in [-0.4, -0.2) is 47.5 Å². The van der Waals surface area contributed by atoms with Crippen molar-refractivity contribution >= 4 is 35.3 Å². The third kappa shape index (κ3) is 3.01. The van der Waals surface area contributed by atoms with Crippen molar-refractivity contribution in [3.8, 4) is 0 Å². The van der Waals surface area contributed by atoms with Crippen molar-refractivity contribution in [2.45, 2.75) is 25.7 Å². The van der Waals surface area contributed by atoms with Gasteiger partial charge in [-0.25, -0.2) is 14.7 Å². The maximum atomic E-state index is 12.1. The van der Waals surface area contributed by atoms with Crippen LogP contribution in [0.5, 0.6) is 0 Å². The Labute approximate surface area is 138 Å². The molecule has 0 bridgehead atoms. The smallest absolute Gasteiger partial charge is 0.416 e. The van der Waals surface area contributed by atoms with Crippen molar-refractivity contribution in [3.63, 3.8) is 0 Å². The molecule has 3 heterocycles. The molecule has 1 atom stereocenters. The van der Waals surface area contributed by atoms with Crippen LogP contribution in [0.15, 0.2) is 12.1 Å². The van der Waals surface area contributed by atoms with E-state index in [1.165, 1.54) is 6.92 Å². The number of amides is 3. The first-order valence-corrected chi connectivity index (χ1v) is 7.77. The second-order valence-electron chi connectivity index (χ2n) is 5.57. The van der Waals surface area contributed by atoms with Crippen LogP contribution in [0, 0.1) is 0 Å². The highest BCUT2D eigenvalue weighted by Crippen LogP contribution is 2.38. The average Bonchev–Trinajstić information content (AvgIpc) is 3.08. The highest BCUT2D eigenvalue weighted by molar-refractivity contribution is 6.29. The van der Waals surface area contributed by atoms with Gasteiger partial charge >= 0.3 is 6.09 Å². The van der Waals surface area contributed by atoms with E-state index in [1.807, 2.05) is 6.07 Å². The van der Waals surface area contributed by atoms with E-state index in [0.717, 1.165) is 10.5 Å². The first kappa shape index (κ1) is 15.7. The quantitative estimate of drug-likeness (QED) is 0.787. The summed E-state index contributed by atoms with van der Waals surface area (Å²) in [7, 11) is 0. The number of carbonyl (C=O) groups excluding carboxylic acids is 3. The first-order valence-electron chi connectivity index (χ1n) is 7.39. The molecule has 122 valence electrons. The molecule has 23 heavy (non-hydrogen) atoms. The summed E-state index contributed by atoms with van der Waals surface area (Å²) < 4.78 is 4.76. The van der Waals surface area contributed by atoms with Gasteiger partial charge in [-0.2, -0.15) is 0 Å². The van der Waals surface area contributed by atoms with Gasteiger partial charge in [-0.05, 0) is 12.5 Å². The van der Waals surface area contributed by atoms with E-state index in [2.05, 4.69) is 4.98 Å². The van der Waals surface area contributed by atoms with Crippen molar-refractivity contribution < 1.29 is 19.1 Å². The number of pyridine rings is 1. The Kier molecular flexibility index (Phi) is 4.21. The van der Waals surface area contributed by atoms with Gasteiger partial charge in [0.1, 0.15) is 17.6 Å². The number of carbonyl (C=O) groups is 3. The number of hydrogen-bond acceptors (Lipinski definition) is 5. The zero-order chi connectivity index (χ0) is 16.6. The Morgan fingerprint density at radius 1 is 1.39 bits per heavy atom. The zero-order valence-electron chi connectivity index (χ0n) is 12.6. The van der Waals surface area contributed by atoms with Crippen LogP contribution >= 0.6 is 11.6 Å². The van der Waals surface area contributed by atoms with Gasteiger partial charge in [0, 0.05) is 31.4 Å². The van der Waals surface area contributed by atoms with Gasteiger partial charge in [-0.3, -0.25) is 14.5 Å². The molecule has 1 unspecified atom stereocenters. The lowest BCUT2D eigenvalue weighted by molar-refractivity contribution is -0.127. The summed E-state index contributed by atoms with van der Waals surface area (Å²) in [5.41, 5.74) is 0.904. The topological polar surface area (TPSA) is 79.8 Å². The number of cyclic esters (lactones) is 1. The number of ether oxygens (including phenoxy) is 1. The van der Waals surface area contributed by atoms with Crippen LogP contribution < -0.4 is 4.90 Å². The molecule has 0 aromatic carbocycles. The summed E-state index contributed by atoms with van der Waals surface area (Å²) in [4.78, 5) is 42.2. The molecule has 2 aliphatic rings. The number of halogens is 1. The van der Waals surface area contributed by atoms with Gasteiger partial charge in [0.05, 0.1) is 6.54 Å². The van der Waals surface area contributed by atoms with Gasteiger partial charge in [0.25, 0.3) is 0 Å². The molecule has 0 N–H and O–H groups in total. The number of aromatic nitrogens is 1. The van der Waals surface area contributed by atoms with Gasteiger partial charge in [0.15, 0.2) is 0 Å². The Balaban J connectivity index is 1.71. The highest BCUT2D eigenvalue weighted by atomic mass is 35.5. The normalized spacial score (nSPS) is 19.7. The molecule has 1 aromatic rings. The van der Waals surface area contributed by atoms with E-state index >= 15 is 0 Å². The lowest BCUT2D eigenvalue weighted by Crippen LogP contribution is -2.32. The average molecular weight is 338 g/mol. The van der Waals surface area contributed by atoms with Gasteiger partial charge in [-0.15, -0.1) is 0 Å². The summed E-state index contributed by atoms with van der Waals surface area (Å²) in [5.74, 6) is 0.194. The molecule has 0 radical (unpaired) electrons. The molecule has 7 nitrogen and oxygen atoms in total. The fourth-order valence-corrected chi connectivity index (χ4v) is 3.10. The van der Waals surface area contributed by atoms with Crippen molar-refractivity contribution in [2.75, 3.05) is 24.6 Å². The number of imide groups is 1. The zero-order valence-corrected chi connectivity index (χ0v) is 13.4. The van der Waals surface area contributed by atoms with Crippen LogP contribution in [0.3, 0.4) is 0 Å². The van der Waals surface area contributed by atoms with E-state index in [1.54, 1.807) is 11.0 Å². The predicted molar refractivity (Wildman–Crippen MR) is 82.3 cm³/mol. The number of nitrogens with zero attached hydrogens (tertiary/aromatic N) is 3. The lowest BCUT2D eigenvalue weighted by atomic mass is 9.97. The second-order valence-corrected chi connectivity index (χ2v) is 5.96. The maximum Gasteiger partial charge on any atom is 0.416 e. The summed E-state index contributed by atoms with van der Waals surface area (Å²) in [6, 6.07) is 3.52. The summed E-state index contributed by atoms with van der Waals surface area (Å²) in [5, 5.41) is 0.325. The molecule has 1 aromatic heterocycles. The Hall–Kier alpha value is -2.15. The molecular weight excluding hydrogens is 322 g/mol. The summed E-state index contributed by atoms with van der Waals surface area (Å²) in [6.45, 7) is 2.49. The standard InChI is InChI=1S/C15H16ClN3O4/c1-9(20)19-8-10(11-3-4-12(16)17-14(11)19)2-5-13(21)18-6-7-23-15(18)22/h3-4,10H,2,5-8H2,1H3. The predicted octanol–water partition coefficient (Wildman–Crippen LogP) is 1.94. The van der Waals surface area contributed by atoms with Crippen LogP contribution in [0.2, 0.25) is 5.15 Å².